The summed E-state index contributed by atoms with van der Waals surface area (Å²) >= 11 is 0. The normalized spacial score (nSPS) is 26.4. The monoisotopic (exact) mass is 1250 g/mol. The predicted molar refractivity (Wildman–Crippen MR) is 344 cm³/mol. The number of hydrogen-bond acceptors (Lipinski definition) is 15. The molecule has 15 atom stereocenters. The second kappa shape index (κ2) is 34.5. The summed E-state index contributed by atoms with van der Waals surface area (Å²) in [6.07, 6.45) is -15.0. The van der Waals surface area contributed by atoms with Crippen LogP contribution in [0.15, 0.2) is 243 Å². The number of nitrogens with one attached hydrogen (secondary N) is 1. The number of aliphatic hydroxyl groups excluding tert-OH is 1. The van der Waals surface area contributed by atoms with E-state index >= 15 is 0 Å². The quantitative estimate of drug-likeness (QED) is 0.0421. The molecule has 0 radical (unpaired) electrons. The smallest absolute Gasteiger partial charge is 0.217 e. The van der Waals surface area contributed by atoms with Crippen molar-refractivity contribution in [1.29, 1.82) is 0 Å². The van der Waals surface area contributed by atoms with Crippen molar-refractivity contribution in [2.45, 2.75) is 159 Å². The summed E-state index contributed by atoms with van der Waals surface area (Å²) in [5.74, 6) is -0.428. The lowest BCUT2D eigenvalue weighted by molar-refractivity contribution is -0.395. The molecule has 8 aromatic carbocycles. The number of amides is 1. The van der Waals surface area contributed by atoms with Crippen molar-refractivity contribution in [3.05, 3.63) is 287 Å². The Kier molecular flexibility index (Phi) is 24.8. The highest BCUT2D eigenvalue weighted by atomic mass is 16.8. The van der Waals surface area contributed by atoms with Gasteiger partial charge in [-0.1, -0.05) is 243 Å². The van der Waals surface area contributed by atoms with Gasteiger partial charge in [0.25, 0.3) is 0 Å². The lowest BCUT2D eigenvalue weighted by Crippen LogP contribution is -2.69. The first-order valence-corrected chi connectivity index (χ1v) is 31.7. The second-order valence-corrected chi connectivity index (χ2v) is 23.3. The zero-order valence-electron chi connectivity index (χ0n) is 52.0. The first-order valence-electron chi connectivity index (χ1n) is 31.7. The summed E-state index contributed by atoms with van der Waals surface area (Å²) in [4.78, 5) is 13.3. The van der Waals surface area contributed by atoms with Crippen LogP contribution in [0.4, 0.5) is 0 Å². The first kappa shape index (κ1) is 66.1. The third kappa shape index (κ3) is 18.9. The Bertz CT molecular complexity index is 3350. The lowest BCUT2D eigenvalue weighted by Gasteiger charge is -2.51. The van der Waals surface area contributed by atoms with Gasteiger partial charge in [-0.2, -0.15) is 0 Å². The van der Waals surface area contributed by atoms with E-state index in [1.165, 1.54) is 6.92 Å². The molecule has 0 saturated carbocycles. The molecule has 0 aliphatic carbocycles. The van der Waals surface area contributed by atoms with Crippen LogP contribution in [-0.4, -0.2) is 116 Å². The fraction of sp³-hybridized carbons (Fsp3) is 0.355. The molecule has 16 heteroatoms. The second-order valence-electron chi connectivity index (χ2n) is 23.3. The third-order valence-electron chi connectivity index (χ3n) is 16.4. The minimum atomic E-state index is -1.50. The van der Waals surface area contributed by atoms with Crippen molar-refractivity contribution in [2.24, 2.45) is 0 Å². The van der Waals surface area contributed by atoms with Crippen LogP contribution in [0, 0.1) is 0 Å². The first-order chi connectivity index (χ1) is 45.3. The van der Waals surface area contributed by atoms with E-state index in [0.29, 0.717) is 0 Å². The zero-order chi connectivity index (χ0) is 63.1. The molecule has 8 aromatic rings. The highest BCUT2D eigenvalue weighted by Crippen LogP contribution is 2.39. The molecule has 1 amide bonds. The molecule has 3 saturated heterocycles. The Hall–Kier alpha value is -7.33. The number of benzene rings is 8. The van der Waals surface area contributed by atoms with Crippen molar-refractivity contribution in [2.75, 3.05) is 13.2 Å². The number of hydrogen-bond donors (Lipinski definition) is 2. The molecule has 16 nitrogen and oxygen atoms in total. The van der Waals surface area contributed by atoms with Crippen molar-refractivity contribution in [1.82, 2.24) is 5.32 Å². The summed E-state index contributed by atoms with van der Waals surface area (Å²) in [5, 5.41) is 16.0. The largest absolute Gasteiger partial charge is 0.388 e. The summed E-state index contributed by atoms with van der Waals surface area (Å²) < 4.78 is 91.6. The van der Waals surface area contributed by atoms with Gasteiger partial charge < -0.3 is 72.0 Å². The van der Waals surface area contributed by atoms with Gasteiger partial charge in [0.15, 0.2) is 18.9 Å². The zero-order valence-corrected chi connectivity index (χ0v) is 52.0. The molecule has 0 unspecified atom stereocenters. The van der Waals surface area contributed by atoms with E-state index in [2.05, 4.69) is 5.32 Å². The van der Waals surface area contributed by atoms with Crippen molar-refractivity contribution < 1.29 is 71.5 Å². The Morgan fingerprint density at radius 2 is 0.641 bits per heavy atom. The van der Waals surface area contributed by atoms with Crippen molar-refractivity contribution in [3.63, 3.8) is 0 Å². The minimum absolute atomic E-state index is 0.00100. The van der Waals surface area contributed by atoms with Crippen LogP contribution in [0.3, 0.4) is 0 Å². The summed E-state index contributed by atoms with van der Waals surface area (Å²) in [7, 11) is 0. The van der Waals surface area contributed by atoms with E-state index in [1.807, 2.05) is 250 Å². The van der Waals surface area contributed by atoms with E-state index in [4.69, 9.17) is 61.6 Å². The molecule has 0 aromatic heterocycles. The topological polar surface area (TPSA) is 169 Å². The van der Waals surface area contributed by atoms with Crippen LogP contribution < -0.4 is 5.32 Å². The highest BCUT2D eigenvalue weighted by molar-refractivity contribution is 5.73. The fourth-order valence-corrected chi connectivity index (χ4v) is 11.7. The van der Waals surface area contributed by atoms with Gasteiger partial charge in [0, 0.05) is 6.92 Å². The lowest BCUT2D eigenvalue weighted by atomic mass is 9.94. The van der Waals surface area contributed by atoms with Crippen molar-refractivity contribution in [3.8, 4) is 0 Å². The summed E-state index contributed by atoms with van der Waals surface area (Å²) in [5.41, 5.74) is 7.31. The van der Waals surface area contributed by atoms with Gasteiger partial charge in [-0.3, -0.25) is 4.79 Å². The maximum atomic E-state index is 13.3. The van der Waals surface area contributed by atoms with Crippen LogP contribution in [0.25, 0.3) is 0 Å². The van der Waals surface area contributed by atoms with Gasteiger partial charge in [0.05, 0.1) is 72.2 Å². The number of carbonyl (C=O) groups excluding carboxylic acids is 1. The predicted octanol–water partition coefficient (Wildman–Crippen LogP) is 11.4. The molecular weight excluding hydrogens is 1170 g/mol. The van der Waals surface area contributed by atoms with Gasteiger partial charge >= 0.3 is 0 Å². The van der Waals surface area contributed by atoms with Gasteiger partial charge in [0.1, 0.15) is 67.1 Å². The molecular formula is C76H83NO15. The SMILES string of the molecule is CC(=O)N[C@@H]1[C@H](OCc2ccccc2)O[C@H](COCc2ccccc2)[C@H](O[C@@H]2O[C@H](COCc3ccccc3)[C@@H](OCc3ccccc3)[C@H](OCc3ccccc3)[C@H]2O[C@@H]2O[C@@H](C)[C@H](OCc3ccccc3)[C@H](OCc3ccccc3)[C@@H]2OCc2ccccc2)[C@@H]1O. The molecule has 2 N–H and O–H groups in total. The number of rotatable bonds is 31. The molecule has 0 spiro atoms. The molecule has 3 heterocycles. The van der Waals surface area contributed by atoms with Crippen molar-refractivity contribution >= 4 is 5.91 Å². The Balaban J connectivity index is 1.01. The average Bonchev–Trinajstić information content (AvgIpc) is 0.793. The number of ether oxygens (including phenoxy) is 13. The number of aliphatic hydroxyl groups is 1. The molecule has 0 bridgehead atoms. The maximum absolute atomic E-state index is 13.3. The standard InChI is InChI=1S/C76H83NO15/c1-53-67(82-45-57-31-15-5-16-32-57)70(84-47-59-35-19-7-20-36-59)72(86-49-61-39-23-9-24-40-61)75(88-53)92-73-71(85-48-60-37-21-8-22-38-60)69(83-46-58-33-17-6-18-34-58)64(52-81-44-56-29-13-4-14-30-56)90-76(73)91-68-63(51-80-43-55-27-11-3-12-28-55)89-74(65(66(68)79)77-54(2)78)87-50-62-41-25-10-26-42-62/h3-42,53,63-76,79H,43-52H2,1-2H3,(H,77,78)/t53-,63+,64+,65-,66+,67-,68-,69+,70-,71-,72-,73+,74+,75-,76-/m0/s1. The molecule has 92 heavy (non-hydrogen) atoms. The highest BCUT2D eigenvalue weighted by Gasteiger charge is 2.57. The van der Waals surface area contributed by atoms with E-state index in [1.54, 1.807) is 0 Å². The number of carbonyl (C=O) groups is 1. The summed E-state index contributed by atoms with van der Waals surface area (Å²) in [6.45, 7) is 4.66. The van der Waals surface area contributed by atoms with E-state index in [-0.39, 0.29) is 66.1 Å². The van der Waals surface area contributed by atoms with Crippen LogP contribution in [-0.2, 0) is 119 Å². The van der Waals surface area contributed by atoms with Crippen LogP contribution >= 0.6 is 0 Å². The average molecular weight is 1250 g/mol. The van der Waals surface area contributed by atoms with E-state index in [9.17, 15) is 9.90 Å². The van der Waals surface area contributed by atoms with E-state index in [0.717, 1.165) is 44.5 Å². The molecule has 11 rings (SSSR count). The van der Waals surface area contributed by atoms with Gasteiger partial charge in [-0.25, -0.2) is 0 Å². The molecule has 3 fully saturated rings. The third-order valence-corrected chi connectivity index (χ3v) is 16.4. The summed E-state index contributed by atoms with van der Waals surface area (Å²) in [6, 6.07) is 77.5. The molecule has 3 aliphatic heterocycles. The minimum Gasteiger partial charge on any atom is -0.388 e. The van der Waals surface area contributed by atoms with Crippen LogP contribution in [0.5, 0.6) is 0 Å². The van der Waals surface area contributed by atoms with Gasteiger partial charge in [-0.15, -0.1) is 0 Å². The molecule has 482 valence electrons. The van der Waals surface area contributed by atoms with Gasteiger partial charge in [-0.05, 0) is 51.4 Å². The Labute approximate surface area is 539 Å². The van der Waals surface area contributed by atoms with Gasteiger partial charge in [0.2, 0.25) is 5.91 Å². The molecule has 3 aliphatic rings. The maximum Gasteiger partial charge on any atom is 0.217 e. The van der Waals surface area contributed by atoms with E-state index < -0.39 is 98.0 Å². The van der Waals surface area contributed by atoms with Crippen LogP contribution in [0.1, 0.15) is 58.4 Å². The Morgan fingerprint density at radius 1 is 0.348 bits per heavy atom. The van der Waals surface area contributed by atoms with Crippen LogP contribution in [0.2, 0.25) is 0 Å². The Morgan fingerprint density at radius 3 is 1.03 bits per heavy atom. The fourth-order valence-electron chi connectivity index (χ4n) is 11.7.